The first-order valence-corrected chi connectivity index (χ1v) is 13.4. The predicted molar refractivity (Wildman–Crippen MR) is 161 cm³/mol. The van der Waals surface area contributed by atoms with Crippen LogP contribution in [0, 0.1) is 0 Å². The highest BCUT2D eigenvalue weighted by Crippen LogP contribution is 2.42. The maximum atomic E-state index is 12.4. The summed E-state index contributed by atoms with van der Waals surface area (Å²) in [6.07, 6.45) is 6.00. The van der Waals surface area contributed by atoms with Crippen molar-refractivity contribution in [3.63, 3.8) is 0 Å². The molecule has 7 nitrogen and oxygen atoms in total. The predicted octanol–water partition coefficient (Wildman–Crippen LogP) is 6.07. The molecule has 8 heteroatoms. The van der Waals surface area contributed by atoms with Gasteiger partial charge in [0.05, 0.1) is 17.8 Å². The second kappa shape index (κ2) is 11.4. The van der Waals surface area contributed by atoms with Gasteiger partial charge >= 0.3 is 0 Å². The van der Waals surface area contributed by atoms with Gasteiger partial charge in [0, 0.05) is 35.7 Å². The monoisotopic (exact) mass is 545 g/mol. The molecule has 0 unspecified atom stereocenters. The Bertz CT molecular complexity index is 1590. The van der Waals surface area contributed by atoms with Gasteiger partial charge in [-0.2, -0.15) is 0 Å². The van der Waals surface area contributed by atoms with E-state index in [0.717, 1.165) is 22.6 Å². The van der Waals surface area contributed by atoms with Gasteiger partial charge in [-0.3, -0.25) is 9.78 Å². The quantitative estimate of drug-likeness (QED) is 0.231. The summed E-state index contributed by atoms with van der Waals surface area (Å²) in [5.41, 5.74) is 4.68. The number of carbonyl (C=O) groups is 1. The van der Waals surface area contributed by atoms with E-state index in [1.54, 1.807) is 6.20 Å². The van der Waals surface area contributed by atoms with Crippen LogP contribution in [-0.4, -0.2) is 27.2 Å². The molecule has 2 aromatic heterocycles. The summed E-state index contributed by atoms with van der Waals surface area (Å²) < 4.78 is 7.67. The molecular weight excluding hydrogens is 518 g/mol. The fourth-order valence-electron chi connectivity index (χ4n) is 4.89. The number of carbonyl (C=O) groups excluding carboxylic acids is 1. The van der Waals surface area contributed by atoms with Gasteiger partial charge in [-0.25, -0.2) is 0 Å². The molecule has 1 aliphatic rings. The first-order chi connectivity index (χ1) is 19.7. The number of nitrogens with one attached hydrogen (secondary N) is 2. The zero-order valence-electron chi connectivity index (χ0n) is 21.6. The van der Waals surface area contributed by atoms with Crippen LogP contribution in [0.2, 0.25) is 0 Å². The van der Waals surface area contributed by atoms with Crippen molar-refractivity contribution in [1.82, 2.24) is 14.9 Å². The van der Waals surface area contributed by atoms with Crippen molar-refractivity contribution in [3.8, 4) is 11.4 Å². The molecule has 198 valence electrons. The topological polar surface area (TPSA) is 71.4 Å². The Morgan fingerprint density at radius 2 is 1.60 bits per heavy atom. The maximum absolute atomic E-state index is 12.4. The van der Waals surface area contributed by atoms with E-state index < -0.39 is 0 Å². The molecule has 5 aromatic rings. The first kappa shape index (κ1) is 25.3. The lowest BCUT2D eigenvalue weighted by molar-refractivity contribution is -0.118. The van der Waals surface area contributed by atoms with E-state index >= 15 is 0 Å². The van der Waals surface area contributed by atoms with Gasteiger partial charge in [-0.15, -0.1) is 0 Å². The van der Waals surface area contributed by atoms with Crippen molar-refractivity contribution in [2.75, 3.05) is 16.8 Å². The molecule has 6 rings (SSSR count). The molecule has 3 aromatic carbocycles. The summed E-state index contributed by atoms with van der Waals surface area (Å²) in [6, 6.07) is 34.9. The fourth-order valence-corrected chi connectivity index (χ4v) is 5.23. The van der Waals surface area contributed by atoms with Gasteiger partial charge < -0.3 is 24.8 Å². The molecule has 0 saturated carbocycles. The van der Waals surface area contributed by atoms with Crippen molar-refractivity contribution >= 4 is 34.6 Å². The number of hydrogen-bond acceptors (Lipinski definition) is 4. The highest BCUT2D eigenvalue weighted by Gasteiger charge is 2.41. The van der Waals surface area contributed by atoms with Gasteiger partial charge in [0.25, 0.3) is 5.91 Å². The Kier molecular flexibility index (Phi) is 7.24. The minimum Gasteiger partial charge on any atom is -0.484 e. The van der Waals surface area contributed by atoms with Gasteiger partial charge in [-0.1, -0.05) is 42.5 Å². The number of aromatic nitrogens is 2. The molecule has 0 radical (unpaired) electrons. The summed E-state index contributed by atoms with van der Waals surface area (Å²) >= 11 is 5.85. The van der Waals surface area contributed by atoms with E-state index in [1.807, 2.05) is 91.0 Å². The lowest BCUT2D eigenvalue weighted by Crippen LogP contribution is -2.29. The normalized spacial score (nSPS) is 16.4. The average molecular weight is 546 g/mol. The van der Waals surface area contributed by atoms with E-state index in [4.69, 9.17) is 17.0 Å². The minimum absolute atomic E-state index is 0.0713. The van der Waals surface area contributed by atoms with Crippen LogP contribution in [0.3, 0.4) is 0 Å². The molecular formula is C32H27N5O2S. The zero-order chi connectivity index (χ0) is 27.3. The number of para-hydroxylation sites is 2. The summed E-state index contributed by atoms with van der Waals surface area (Å²) in [7, 11) is 0. The third-order valence-corrected chi connectivity index (χ3v) is 7.07. The Balaban J connectivity index is 1.24. The molecule has 1 aliphatic heterocycles. The van der Waals surface area contributed by atoms with Gasteiger partial charge in [0.15, 0.2) is 11.7 Å². The third-order valence-electron chi connectivity index (χ3n) is 6.75. The van der Waals surface area contributed by atoms with Gasteiger partial charge in [0.1, 0.15) is 5.75 Å². The highest BCUT2D eigenvalue weighted by molar-refractivity contribution is 7.80. The maximum Gasteiger partial charge on any atom is 0.262 e. The number of rotatable bonds is 8. The number of ether oxygens (including phenoxy) is 1. The van der Waals surface area contributed by atoms with Crippen LogP contribution in [0.5, 0.6) is 5.75 Å². The number of amides is 1. The summed E-state index contributed by atoms with van der Waals surface area (Å²) in [5, 5.41) is 7.00. The van der Waals surface area contributed by atoms with Crippen molar-refractivity contribution in [3.05, 3.63) is 139 Å². The molecule has 1 fully saturated rings. The number of pyridine rings is 1. The lowest BCUT2D eigenvalue weighted by Gasteiger charge is -2.27. The van der Waals surface area contributed by atoms with Crippen LogP contribution >= 0.6 is 12.2 Å². The van der Waals surface area contributed by atoms with Crippen molar-refractivity contribution in [1.29, 1.82) is 0 Å². The standard InChI is InChI=1S/C32H27N5O2S/c38-29(22-39-27-11-5-2-6-12-27)34-24-14-16-26(17-15-24)37-31(30(35-32(37)40)28-13-7-8-19-33-28)23-18-20-36(21-23)25-9-3-1-4-10-25/h1-21,30-31H,22H2,(H,34,38)(H,35,40)/t30-,31-/m0/s1. The zero-order valence-corrected chi connectivity index (χ0v) is 22.4. The summed E-state index contributed by atoms with van der Waals surface area (Å²) in [5.74, 6) is 0.419. The Morgan fingerprint density at radius 3 is 2.33 bits per heavy atom. The fraction of sp³-hybridized carbons (Fsp3) is 0.0938. The van der Waals surface area contributed by atoms with Crippen LogP contribution in [0.1, 0.15) is 23.3 Å². The Morgan fingerprint density at radius 1 is 0.875 bits per heavy atom. The van der Waals surface area contributed by atoms with E-state index in [9.17, 15) is 4.79 Å². The second-order valence-electron chi connectivity index (χ2n) is 9.38. The van der Waals surface area contributed by atoms with Crippen molar-refractivity contribution in [2.45, 2.75) is 12.1 Å². The smallest absolute Gasteiger partial charge is 0.262 e. The first-order valence-electron chi connectivity index (χ1n) is 13.0. The number of thiocarbonyl (C=S) groups is 1. The molecule has 3 heterocycles. The van der Waals surface area contributed by atoms with Gasteiger partial charge in [-0.05, 0) is 84.5 Å². The Labute approximate surface area is 238 Å². The lowest BCUT2D eigenvalue weighted by atomic mass is 9.98. The van der Waals surface area contributed by atoms with E-state index in [0.29, 0.717) is 16.5 Å². The third kappa shape index (κ3) is 5.43. The van der Waals surface area contributed by atoms with Crippen LogP contribution in [0.4, 0.5) is 11.4 Å². The van der Waals surface area contributed by atoms with E-state index in [-0.39, 0.29) is 24.6 Å². The SMILES string of the molecule is O=C(COc1ccccc1)Nc1ccc(N2C(=S)N[C@@H](c3ccccn3)[C@@H]2c2ccn(-c3ccccc3)c2)cc1. The summed E-state index contributed by atoms with van der Waals surface area (Å²) in [6.45, 7) is -0.0713. The largest absolute Gasteiger partial charge is 0.484 e. The average Bonchev–Trinajstić information content (AvgIpc) is 3.63. The highest BCUT2D eigenvalue weighted by atomic mass is 32.1. The minimum atomic E-state index is -0.231. The van der Waals surface area contributed by atoms with E-state index in [2.05, 4.69) is 55.7 Å². The van der Waals surface area contributed by atoms with Gasteiger partial charge in [0.2, 0.25) is 0 Å². The number of benzene rings is 3. The molecule has 2 atom stereocenters. The van der Waals surface area contributed by atoms with Crippen LogP contribution in [0.25, 0.3) is 5.69 Å². The molecule has 0 spiro atoms. The number of hydrogen-bond donors (Lipinski definition) is 2. The van der Waals surface area contributed by atoms with E-state index in [1.165, 1.54) is 0 Å². The molecule has 0 bridgehead atoms. The van der Waals surface area contributed by atoms with Crippen LogP contribution < -0.4 is 20.3 Å². The van der Waals surface area contributed by atoms with Crippen LogP contribution in [-0.2, 0) is 4.79 Å². The van der Waals surface area contributed by atoms with Crippen LogP contribution in [0.15, 0.2) is 128 Å². The second-order valence-corrected chi connectivity index (χ2v) is 9.77. The number of nitrogens with zero attached hydrogens (tertiary/aromatic N) is 3. The number of anilines is 2. The molecule has 40 heavy (non-hydrogen) atoms. The summed E-state index contributed by atoms with van der Waals surface area (Å²) in [4.78, 5) is 19.2. The molecule has 1 amide bonds. The Hall–Kier alpha value is -4.95. The molecule has 2 N–H and O–H groups in total. The van der Waals surface area contributed by atoms with Crippen molar-refractivity contribution in [2.24, 2.45) is 0 Å². The molecule has 1 saturated heterocycles. The molecule has 0 aliphatic carbocycles. The van der Waals surface area contributed by atoms with Crippen molar-refractivity contribution < 1.29 is 9.53 Å².